The zero-order valence-electron chi connectivity index (χ0n) is 15.0. The highest BCUT2D eigenvalue weighted by Crippen LogP contribution is 2.43. The van der Waals surface area contributed by atoms with Crippen LogP contribution in [0.2, 0.25) is 0 Å². The molecule has 1 amide bonds. The van der Waals surface area contributed by atoms with Gasteiger partial charge >= 0.3 is 0 Å². The van der Waals surface area contributed by atoms with Crippen molar-refractivity contribution in [2.24, 2.45) is 0 Å². The average molecular weight is 410 g/mol. The number of benzene rings is 2. The van der Waals surface area contributed by atoms with Crippen LogP contribution in [0, 0.1) is 0 Å². The van der Waals surface area contributed by atoms with Crippen LogP contribution in [0.3, 0.4) is 0 Å². The number of carbonyl (C=O) groups excluding carboxylic acids is 1. The van der Waals surface area contributed by atoms with E-state index in [1.807, 2.05) is 41.3 Å². The first kappa shape index (κ1) is 18.6. The summed E-state index contributed by atoms with van der Waals surface area (Å²) in [5.41, 5.74) is 13.5. The van der Waals surface area contributed by atoms with Crippen molar-refractivity contribution in [1.82, 2.24) is 9.97 Å². The van der Waals surface area contributed by atoms with Crippen LogP contribution in [0.25, 0.3) is 0 Å². The number of nitrogen functional groups attached to an aromatic ring is 2. The van der Waals surface area contributed by atoms with Crippen molar-refractivity contribution in [2.75, 3.05) is 27.9 Å². The van der Waals surface area contributed by atoms with Gasteiger partial charge in [-0.1, -0.05) is 54.2 Å². The smallest absolute Gasteiger partial charge is 0.238 e. The molecule has 1 atom stereocenters. The lowest BCUT2D eigenvalue weighted by Gasteiger charge is -2.37. The second kappa shape index (κ2) is 8.12. The van der Waals surface area contributed by atoms with E-state index < -0.39 is 0 Å². The van der Waals surface area contributed by atoms with Gasteiger partial charge in [-0.05, 0) is 17.7 Å². The van der Waals surface area contributed by atoms with Crippen LogP contribution in [0.15, 0.2) is 70.7 Å². The Hall–Kier alpha value is -2.71. The first-order valence-electron chi connectivity index (χ1n) is 8.73. The van der Waals surface area contributed by atoms with E-state index in [9.17, 15) is 4.79 Å². The topological polar surface area (TPSA) is 98.1 Å². The van der Waals surface area contributed by atoms with Gasteiger partial charge in [-0.25, -0.2) is 9.97 Å². The van der Waals surface area contributed by atoms with E-state index in [0.29, 0.717) is 16.8 Å². The van der Waals surface area contributed by atoms with Gasteiger partial charge in [0.2, 0.25) is 5.91 Å². The molecule has 1 aromatic heterocycles. The Morgan fingerprint density at radius 2 is 1.75 bits per heavy atom. The van der Waals surface area contributed by atoms with Crippen LogP contribution in [-0.2, 0) is 4.79 Å². The van der Waals surface area contributed by atoms with E-state index in [-0.39, 0.29) is 17.7 Å². The number of aromatic nitrogens is 2. The summed E-state index contributed by atoms with van der Waals surface area (Å²) in [4.78, 5) is 24.6. The molecule has 8 heteroatoms. The van der Waals surface area contributed by atoms with E-state index in [1.165, 1.54) is 17.8 Å². The van der Waals surface area contributed by atoms with Crippen molar-refractivity contribution < 1.29 is 4.79 Å². The Labute approximate surface area is 171 Å². The fraction of sp³-hybridized carbons (Fsp3) is 0.150. The van der Waals surface area contributed by atoms with Crippen LogP contribution in [-0.4, -0.2) is 27.4 Å². The molecule has 142 valence electrons. The second-order valence-corrected chi connectivity index (χ2v) is 8.26. The molecule has 0 aliphatic carbocycles. The summed E-state index contributed by atoms with van der Waals surface area (Å²) >= 11 is 3.01. The third-order valence-corrected chi connectivity index (χ3v) is 6.33. The Balaban J connectivity index is 1.62. The molecular formula is C20H19N5OS2. The summed E-state index contributed by atoms with van der Waals surface area (Å²) in [6.07, 6.45) is 0. The summed E-state index contributed by atoms with van der Waals surface area (Å²) in [7, 11) is 0. The molecule has 3 aromatic rings. The molecule has 0 radical (unpaired) electrons. The number of rotatable bonds is 4. The number of hydrogen-bond acceptors (Lipinski definition) is 7. The van der Waals surface area contributed by atoms with Gasteiger partial charge in [0, 0.05) is 16.7 Å². The molecule has 0 bridgehead atoms. The number of para-hydroxylation sites is 1. The number of fused-ring (bicyclic) bond motifs is 1. The SMILES string of the molecule is Nc1cc(N)nc(SCC(=O)N2c3ccccc3SC[C@H]2c2ccccc2)n1. The maximum absolute atomic E-state index is 13.3. The maximum atomic E-state index is 13.3. The standard InChI is InChI=1S/C20H19N5OS2/c21-17-10-18(22)24-20(23-17)28-12-19(26)25-14-8-4-5-9-16(14)27-11-15(25)13-6-2-1-3-7-13/h1-10,15H,11-12H2,(H4,21,22,23,24)/t15-/m0/s1. The van der Waals surface area contributed by atoms with Crippen LogP contribution >= 0.6 is 23.5 Å². The van der Waals surface area contributed by atoms with Gasteiger partial charge in [0.05, 0.1) is 17.5 Å². The number of hydrogen-bond donors (Lipinski definition) is 2. The Bertz CT molecular complexity index is 979. The Kier molecular flexibility index (Phi) is 5.40. The molecular weight excluding hydrogens is 390 g/mol. The van der Waals surface area contributed by atoms with Crippen LogP contribution in [0.1, 0.15) is 11.6 Å². The number of nitrogens with zero attached hydrogens (tertiary/aromatic N) is 3. The van der Waals surface area contributed by atoms with E-state index in [2.05, 4.69) is 28.2 Å². The number of carbonyl (C=O) groups is 1. The van der Waals surface area contributed by atoms with Crippen molar-refractivity contribution in [3.8, 4) is 0 Å². The summed E-state index contributed by atoms with van der Waals surface area (Å²) in [6.45, 7) is 0. The summed E-state index contributed by atoms with van der Waals surface area (Å²) < 4.78 is 0. The Morgan fingerprint density at radius 3 is 2.50 bits per heavy atom. The van der Waals surface area contributed by atoms with Gasteiger partial charge in [-0.2, -0.15) is 0 Å². The zero-order valence-corrected chi connectivity index (χ0v) is 16.6. The summed E-state index contributed by atoms with van der Waals surface area (Å²) in [6, 6.07) is 19.6. The first-order valence-corrected chi connectivity index (χ1v) is 10.7. The maximum Gasteiger partial charge on any atom is 0.238 e. The van der Waals surface area contributed by atoms with Gasteiger partial charge < -0.3 is 16.4 Å². The molecule has 0 fully saturated rings. The van der Waals surface area contributed by atoms with Crippen molar-refractivity contribution in [1.29, 1.82) is 0 Å². The predicted molar refractivity (Wildman–Crippen MR) is 115 cm³/mol. The van der Waals surface area contributed by atoms with Gasteiger partial charge in [-0.3, -0.25) is 4.79 Å². The molecule has 0 spiro atoms. The highest BCUT2D eigenvalue weighted by molar-refractivity contribution is 8.00. The van der Waals surface area contributed by atoms with E-state index in [4.69, 9.17) is 11.5 Å². The molecule has 0 saturated heterocycles. The number of nitrogens with two attached hydrogens (primary N) is 2. The molecule has 0 unspecified atom stereocenters. The molecule has 4 N–H and O–H groups in total. The van der Waals surface area contributed by atoms with Gasteiger partial charge in [-0.15, -0.1) is 11.8 Å². The molecule has 1 aliphatic heterocycles. The highest BCUT2D eigenvalue weighted by atomic mass is 32.2. The molecule has 4 rings (SSSR count). The fourth-order valence-electron chi connectivity index (χ4n) is 3.14. The molecule has 0 saturated carbocycles. The van der Waals surface area contributed by atoms with E-state index >= 15 is 0 Å². The fourth-order valence-corrected chi connectivity index (χ4v) is 5.04. The quantitative estimate of drug-likeness (QED) is 0.502. The second-order valence-electron chi connectivity index (χ2n) is 6.26. The third kappa shape index (κ3) is 3.93. The van der Waals surface area contributed by atoms with Crippen LogP contribution in [0.4, 0.5) is 17.3 Å². The predicted octanol–water partition coefficient (Wildman–Crippen LogP) is 3.61. The van der Waals surface area contributed by atoms with E-state index in [0.717, 1.165) is 21.9 Å². The van der Waals surface area contributed by atoms with Crippen molar-refractivity contribution in [2.45, 2.75) is 16.1 Å². The normalized spacial score (nSPS) is 15.9. The monoisotopic (exact) mass is 409 g/mol. The zero-order chi connectivity index (χ0) is 19.5. The third-order valence-electron chi connectivity index (χ3n) is 4.36. The van der Waals surface area contributed by atoms with Crippen molar-refractivity contribution in [3.63, 3.8) is 0 Å². The lowest BCUT2D eigenvalue weighted by molar-refractivity contribution is -0.116. The van der Waals surface area contributed by atoms with E-state index in [1.54, 1.807) is 11.8 Å². The van der Waals surface area contributed by atoms with Crippen molar-refractivity contribution >= 4 is 46.8 Å². The van der Waals surface area contributed by atoms with Crippen LogP contribution < -0.4 is 16.4 Å². The Morgan fingerprint density at radius 1 is 1.07 bits per heavy atom. The molecule has 6 nitrogen and oxygen atoms in total. The van der Waals surface area contributed by atoms with Gasteiger partial charge in [0.25, 0.3) is 0 Å². The molecule has 28 heavy (non-hydrogen) atoms. The minimum atomic E-state index is -0.0268. The number of anilines is 3. The van der Waals surface area contributed by atoms with Gasteiger partial charge in [0.1, 0.15) is 11.6 Å². The number of amides is 1. The largest absolute Gasteiger partial charge is 0.383 e. The van der Waals surface area contributed by atoms with Crippen LogP contribution in [0.5, 0.6) is 0 Å². The van der Waals surface area contributed by atoms with Gasteiger partial charge in [0.15, 0.2) is 5.16 Å². The number of thioether (sulfide) groups is 2. The molecule has 2 heterocycles. The lowest BCUT2D eigenvalue weighted by Crippen LogP contribution is -2.39. The summed E-state index contributed by atoms with van der Waals surface area (Å²) in [5.74, 6) is 1.59. The molecule has 1 aliphatic rings. The summed E-state index contributed by atoms with van der Waals surface area (Å²) in [5, 5.41) is 0.404. The highest BCUT2D eigenvalue weighted by Gasteiger charge is 2.32. The average Bonchev–Trinajstić information content (AvgIpc) is 2.71. The lowest BCUT2D eigenvalue weighted by atomic mass is 10.1. The first-order chi connectivity index (χ1) is 13.6. The van der Waals surface area contributed by atoms with Crippen molar-refractivity contribution in [3.05, 3.63) is 66.2 Å². The molecule has 2 aromatic carbocycles. The minimum Gasteiger partial charge on any atom is -0.383 e. The minimum absolute atomic E-state index is 0.00352.